The highest BCUT2D eigenvalue weighted by Gasteiger charge is 2.52. The van der Waals surface area contributed by atoms with Gasteiger partial charge in [0.2, 0.25) is 17.7 Å². The van der Waals surface area contributed by atoms with Crippen molar-refractivity contribution in [3.63, 3.8) is 0 Å². The molecule has 9 rings (SSSR count). The first kappa shape index (κ1) is 83.5. The van der Waals surface area contributed by atoms with Gasteiger partial charge < -0.3 is 93.2 Å². The van der Waals surface area contributed by atoms with Gasteiger partial charge in [0.05, 0.1) is 119 Å². The van der Waals surface area contributed by atoms with Crippen LogP contribution in [-0.2, 0) is 47.2 Å². The molecule has 6 amide bonds. The molecule has 0 aromatic heterocycles. The Balaban J connectivity index is 1.08. The van der Waals surface area contributed by atoms with Crippen LogP contribution < -0.4 is 70.7 Å². The summed E-state index contributed by atoms with van der Waals surface area (Å²) in [7, 11) is -3.35. The lowest BCUT2D eigenvalue weighted by Crippen LogP contribution is -2.67. The van der Waals surface area contributed by atoms with E-state index in [1.165, 1.54) is 0 Å². The van der Waals surface area contributed by atoms with Crippen molar-refractivity contribution in [3.05, 3.63) is 168 Å². The Morgan fingerprint density at radius 2 is 0.570 bits per heavy atom. The second kappa shape index (κ2) is 46.8. The molecule has 0 fully saturated rings. The summed E-state index contributed by atoms with van der Waals surface area (Å²) >= 11 is 0. The SMILES string of the molecule is CC(C)(C)[Si](OCC12CC(=O)NCCOCCOCCNC(=O)c3cc4cc(c3)OCCC=CCCOc3cc(cc(c3)C(=O)NCCOCCOCCNC(=O)C1)OCC/C=C\CCOc1cc(cc(c1)C(=O)NCCOCCOCCNC(=O)C2)OCCC=CCCO4)(c1ccccc1)c1ccccc1. The van der Waals surface area contributed by atoms with E-state index in [1.807, 2.05) is 97.1 Å². The zero-order chi connectivity index (χ0) is 75.5. The van der Waals surface area contributed by atoms with E-state index >= 15 is 0 Å². The second-order valence-corrected chi connectivity index (χ2v) is 31.1. The van der Waals surface area contributed by atoms with Gasteiger partial charge in [0.1, 0.15) is 34.5 Å². The third-order valence-corrected chi connectivity index (χ3v) is 22.3. The molecule has 4 aliphatic rings. The Morgan fingerprint density at radius 3 is 0.813 bits per heavy atom. The number of carbonyl (C=O) groups is 6. The quantitative estimate of drug-likeness (QED) is 0.0556. The van der Waals surface area contributed by atoms with E-state index in [-0.39, 0.29) is 162 Å². The van der Waals surface area contributed by atoms with Gasteiger partial charge in [0, 0.05) is 105 Å². The van der Waals surface area contributed by atoms with Crippen LogP contribution in [0.25, 0.3) is 0 Å². The fourth-order valence-electron chi connectivity index (χ4n) is 12.1. The topological polar surface area (TPSA) is 295 Å². The number of hydrogen-bond donors (Lipinski definition) is 6. The summed E-state index contributed by atoms with van der Waals surface area (Å²) in [6.07, 6.45) is 14.4. The number of amides is 6. The van der Waals surface area contributed by atoms with Crippen molar-refractivity contribution in [2.75, 3.05) is 165 Å². The predicted octanol–water partition coefficient (Wildman–Crippen LogP) is 7.78. The summed E-state index contributed by atoms with van der Waals surface area (Å²) in [6, 6.07) is 35.2. The molecular formula is C81H108N6O19Si. The molecule has 25 nitrogen and oxygen atoms in total. The van der Waals surface area contributed by atoms with Crippen molar-refractivity contribution >= 4 is 54.1 Å². The van der Waals surface area contributed by atoms with E-state index in [0.717, 1.165) is 10.4 Å². The van der Waals surface area contributed by atoms with Crippen LogP contribution in [0.15, 0.2) is 152 Å². The average molecular weight is 1500 g/mol. The van der Waals surface area contributed by atoms with Crippen LogP contribution in [-0.4, -0.2) is 209 Å². The maximum atomic E-state index is 14.5. The summed E-state index contributed by atoms with van der Waals surface area (Å²) in [5.74, 6) is 0.284. The monoisotopic (exact) mass is 1500 g/mol. The van der Waals surface area contributed by atoms with E-state index < -0.39 is 36.5 Å². The third kappa shape index (κ3) is 30.2. The largest absolute Gasteiger partial charge is 0.493 e. The zero-order valence-electron chi connectivity index (χ0n) is 62.2. The number of fused-ring (bicyclic) bond motifs is 54. The molecule has 26 heteroatoms. The summed E-state index contributed by atoms with van der Waals surface area (Å²) in [5.41, 5.74) is -0.444. The molecule has 5 aromatic rings. The van der Waals surface area contributed by atoms with Gasteiger partial charge in [-0.15, -0.1) is 0 Å². The van der Waals surface area contributed by atoms with Crippen molar-refractivity contribution < 1.29 is 90.0 Å². The van der Waals surface area contributed by atoms with Gasteiger partial charge in [-0.1, -0.05) is 118 Å². The van der Waals surface area contributed by atoms with Gasteiger partial charge in [-0.3, -0.25) is 28.8 Å². The molecule has 5 aromatic carbocycles. The Kier molecular flexibility index (Phi) is 36.6. The Bertz CT molecular complexity index is 3210. The maximum Gasteiger partial charge on any atom is 0.261 e. The highest BCUT2D eigenvalue weighted by molar-refractivity contribution is 6.99. The van der Waals surface area contributed by atoms with Gasteiger partial charge in [0.15, 0.2) is 0 Å². The standard InChI is InChI=1S/C81H108N6O19Si/c1-80(2,3)107(72-22-12-10-13-23-72,73-24-14-11-15-25-73)106-62-81-59-74(88)82-26-38-94-44-47-97-41-29-85-77(91)63-50-66-56-68(52-63)102-34-18-6-7-20-36-104-70-54-65(79(93)87-31-43-99-49-46-96-40-28-84-76(90)61-81)55-71(58-70)105-37-21-9-8-19-35-103-69-53-64(51-67(57-69)101-33-17-5-4-16-32-100-66)78(92)86-30-42-98-48-45-95-39-27-83-75(89)60-81/h4-15,22-25,50-58H,16-21,26-49,59-62H2,1-3H3,(H,82,88)(H,83,89)(H,84,90)(H,85,91)(H,86,92)(H,87,93)/b5-4-,7-6?,9-8?. The number of hydrogen-bond acceptors (Lipinski definition) is 19. The minimum atomic E-state index is -3.35. The minimum absolute atomic E-state index is 0.103. The van der Waals surface area contributed by atoms with Gasteiger partial charge in [-0.2, -0.15) is 0 Å². The van der Waals surface area contributed by atoms with E-state index in [9.17, 15) is 28.8 Å². The highest BCUT2D eigenvalue weighted by atomic mass is 28.4. The molecule has 107 heavy (non-hydrogen) atoms. The molecule has 0 unspecified atom stereocenters. The molecular weight excluding hydrogens is 1390 g/mol. The van der Waals surface area contributed by atoms with Crippen LogP contribution in [0.1, 0.15) is 110 Å². The van der Waals surface area contributed by atoms with Crippen molar-refractivity contribution in [2.24, 2.45) is 5.41 Å². The lowest BCUT2D eigenvalue weighted by atomic mass is 9.77. The van der Waals surface area contributed by atoms with Crippen LogP contribution in [0.3, 0.4) is 0 Å². The average Bonchev–Trinajstić information content (AvgIpc) is 0.743. The molecule has 0 saturated heterocycles. The fraction of sp³-hybridized carbons (Fsp3) is 0.481. The summed E-state index contributed by atoms with van der Waals surface area (Å²) < 4.78 is 79.9. The van der Waals surface area contributed by atoms with Gasteiger partial charge in [-0.25, -0.2) is 0 Å². The van der Waals surface area contributed by atoms with Gasteiger partial charge >= 0.3 is 0 Å². The molecule has 580 valence electrons. The smallest absolute Gasteiger partial charge is 0.261 e. The van der Waals surface area contributed by atoms with Crippen molar-refractivity contribution in [3.8, 4) is 34.5 Å². The van der Waals surface area contributed by atoms with Crippen molar-refractivity contribution in [2.45, 2.75) is 83.6 Å². The second-order valence-electron chi connectivity index (χ2n) is 26.8. The van der Waals surface area contributed by atoms with E-state index in [2.05, 4.69) is 52.7 Å². The Hall–Kier alpha value is -9.12. The molecule has 0 aliphatic carbocycles. The molecule has 4 heterocycles. The number of carbonyl (C=O) groups excluding carboxylic acids is 6. The Labute approximate surface area is 629 Å². The number of benzene rings is 5. The molecule has 0 radical (unpaired) electrons. The first-order chi connectivity index (χ1) is 52.2. The van der Waals surface area contributed by atoms with Crippen LogP contribution in [0.2, 0.25) is 5.04 Å². The highest BCUT2D eigenvalue weighted by Crippen LogP contribution is 2.41. The first-order valence-corrected chi connectivity index (χ1v) is 39.1. The number of nitrogens with one attached hydrogen (secondary N) is 6. The van der Waals surface area contributed by atoms with Crippen LogP contribution in [0.4, 0.5) is 0 Å². The van der Waals surface area contributed by atoms with Gasteiger partial charge in [-0.05, 0) is 90.3 Å². The normalized spacial score (nSPS) is 20.1. The molecule has 0 atom stereocenters. The summed E-state index contributed by atoms with van der Waals surface area (Å²) in [5, 5.41) is 19.1. The Morgan fingerprint density at radius 1 is 0.327 bits per heavy atom. The predicted molar refractivity (Wildman–Crippen MR) is 408 cm³/mol. The first-order valence-electron chi connectivity index (χ1n) is 37.2. The van der Waals surface area contributed by atoms with Crippen LogP contribution in [0.5, 0.6) is 34.5 Å². The van der Waals surface area contributed by atoms with E-state index in [4.69, 9.17) is 61.3 Å². The van der Waals surface area contributed by atoms with Crippen molar-refractivity contribution in [1.82, 2.24) is 31.9 Å². The van der Waals surface area contributed by atoms with Gasteiger partial charge in [0.25, 0.3) is 26.0 Å². The number of ether oxygens (including phenoxy) is 12. The molecule has 4 aliphatic heterocycles. The lowest BCUT2D eigenvalue weighted by Gasteiger charge is -2.45. The maximum absolute atomic E-state index is 14.5. The summed E-state index contributed by atoms with van der Waals surface area (Å²) in [6.45, 7) is 11.0. The third-order valence-electron chi connectivity index (χ3n) is 17.3. The zero-order valence-corrected chi connectivity index (χ0v) is 63.2. The molecule has 6 N–H and O–H groups in total. The molecule has 0 spiro atoms. The van der Waals surface area contributed by atoms with Crippen molar-refractivity contribution in [1.29, 1.82) is 0 Å². The van der Waals surface area contributed by atoms with Crippen LogP contribution in [0, 0.1) is 5.41 Å². The fourth-order valence-corrected chi connectivity index (χ4v) is 16.8. The van der Waals surface area contributed by atoms with E-state index in [1.54, 1.807) is 54.6 Å². The lowest BCUT2D eigenvalue weighted by molar-refractivity contribution is -0.132. The molecule has 10 bridgehead atoms. The van der Waals surface area contributed by atoms with E-state index in [0.29, 0.717) is 129 Å². The summed E-state index contributed by atoms with van der Waals surface area (Å²) in [4.78, 5) is 84.9. The number of rotatable bonds is 5. The van der Waals surface area contributed by atoms with Crippen LogP contribution >= 0.6 is 0 Å². The molecule has 0 saturated carbocycles. The minimum Gasteiger partial charge on any atom is -0.493 e.